The van der Waals surface area contributed by atoms with E-state index in [0.717, 1.165) is 17.2 Å². The quantitative estimate of drug-likeness (QED) is 0.313. The fraction of sp³-hybridized carbons (Fsp3) is 0.185. The number of sulfone groups is 1. The highest BCUT2D eigenvalue weighted by atomic mass is 32.2. The summed E-state index contributed by atoms with van der Waals surface area (Å²) in [6.45, 7) is -0.806. The molecule has 0 aliphatic carbocycles. The molecule has 1 heterocycles. The van der Waals surface area contributed by atoms with Gasteiger partial charge < -0.3 is 19.2 Å². The third kappa shape index (κ3) is 6.35. The molecule has 38 heavy (non-hydrogen) atoms. The molecule has 4 rings (SSSR count). The number of aliphatic carboxylic acids is 1. The van der Waals surface area contributed by atoms with Crippen molar-refractivity contribution >= 4 is 32.7 Å². The second-order valence-electron chi connectivity index (χ2n) is 8.65. The van der Waals surface area contributed by atoms with Crippen molar-refractivity contribution in [3.05, 3.63) is 89.7 Å². The first-order valence-corrected chi connectivity index (χ1v) is 13.4. The number of benzene rings is 3. The molecule has 198 valence electrons. The molecular weight excluding hydrogens is 520 g/mol. The predicted molar refractivity (Wildman–Crippen MR) is 136 cm³/mol. The summed E-state index contributed by atoms with van der Waals surface area (Å²) < 4.78 is 62.1. The highest BCUT2D eigenvalue weighted by Gasteiger charge is 2.21. The Bertz CT molecular complexity index is 1600. The van der Waals surface area contributed by atoms with Crippen molar-refractivity contribution in [2.75, 3.05) is 25.1 Å². The second-order valence-corrected chi connectivity index (χ2v) is 10.9. The molecule has 0 saturated heterocycles. The Kier molecular flexibility index (Phi) is 7.77. The number of rotatable bonds is 10. The van der Waals surface area contributed by atoms with E-state index in [9.17, 15) is 26.8 Å². The van der Waals surface area contributed by atoms with Crippen molar-refractivity contribution in [2.45, 2.75) is 6.61 Å². The molecule has 1 aromatic heterocycles. The van der Waals surface area contributed by atoms with Gasteiger partial charge in [-0.1, -0.05) is 24.3 Å². The maximum atomic E-state index is 14.0. The summed E-state index contributed by atoms with van der Waals surface area (Å²) in [4.78, 5) is 25.0. The summed E-state index contributed by atoms with van der Waals surface area (Å²) in [6.07, 6.45) is 2.30. The minimum Gasteiger partial charge on any atom is -0.489 e. The highest BCUT2D eigenvalue weighted by Crippen LogP contribution is 2.33. The van der Waals surface area contributed by atoms with Gasteiger partial charge in [-0.3, -0.25) is 9.59 Å². The molecule has 4 aromatic rings. The van der Waals surface area contributed by atoms with Crippen LogP contribution in [0.1, 0.15) is 15.9 Å². The monoisotopic (exact) mass is 543 g/mol. The van der Waals surface area contributed by atoms with Crippen molar-refractivity contribution in [3.63, 3.8) is 0 Å². The number of carbonyl (C=O) groups is 2. The summed E-state index contributed by atoms with van der Waals surface area (Å²) in [5.74, 6) is -3.71. The molecule has 0 spiro atoms. The van der Waals surface area contributed by atoms with Gasteiger partial charge >= 0.3 is 5.97 Å². The summed E-state index contributed by atoms with van der Waals surface area (Å²) in [5.41, 5.74) is 2.03. The van der Waals surface area contributed by atoms with E-state index < -0.39 is 39.9 Å². The number of halogens is 2. The molecule has 0 saturated carbocycles. The van der Waals surface area contributed by atoms with Crippen LogP contribution in [0.3, 0.4) is 0 Å². The number of fused-ring (bicyclic) bond motifs is 1. The van der Waals surface area contributed by atoms with Gasteiger partial charge in [-0.2, -0.15) is 0 Å². The van der Waals surface area contributed by atoms with E-state index in [2.05, 4.69) is 0 Å². The van der Waals surface area contributed by atoms with Crippen LogP contribution in [-0.4, -0.2) is 55.4 Å². The molecule has 0 aliphatic heterocycles. The Hall–Kier alpha value is -4.25. The standard InChI is InChI=1S/C27H23F2NO7S/c1-38(34,35)12-10-30(15-24(31)32)27(33)19-4-2-3-17(13-19)16-37-20-7-5-18(6-8-20)22-14-23(28)25(29)21-9-11-36-26(21)22/h2-9,11,13-14H,10,12,15-16H2,1H3,(H,31,32). The van der Waals surface area contributed by atoms with Gasteiger partial charge in [0.1, 0.15) is 34.3 Å². The van der Waals surface area contributed by atoms with E-state index in [1.54, 1.807) is 42.5 Å². The van der Waals surface area contributed by atoms with Crippen molar-refractivity contribution in [1.82, 2.24) is 4.90 Å². The number of hydrogen-bond acceptors (Lipinski definition) is 6. The number of carboxylic acid groups (broad SMARTS) is 1. The minimum atomic E-state index is -3.40. The Labute approximate surface area is 217 Å². The van der Waals surface area contributed by atoms with E-state index in [-0.39, 0.29) is 35.4 Å². The zero-order valence-electron chi connectivity index (χ0n) is 20.2. The molecule has 0 radical (unpaired) electrons. The van der Waals surface area contributed by atoms with Gasteiger partial charge in [0.25, 0.3) is 5.91 Å². The molecule has 0 aliphatic rings. The molecule has 3 aromatic carbocycles. The summed E-state index contributed by atoms with van der Waals surface area (Å²) in [6, 6.07) is 15.5. The van der Waals surface area contributed by atoms with E-state index in [1.165, 1.54) is 18.4 Å². The first kappa shape index (κ1) is 26.8. The smallest absolute Gasteiger partial charge is 0.323 e. The third-order valence-electron chi connectivity index (χ3n) is 5.72. The molecule has 1 N–H and O–H groups in total. The molecule has 1 amide bonds. The Morgan fingerprint density at radius 3 is 2.47 bits per heavy atom. The molecule has 0 unspecified atom stereocenters. The number of furan rings is 1. The summed E-state index contributed by atoms with van der Waals surface area (Å²) >= 11 is 0. The van der Waals surface area contributed by atoms with Crippen LogP contribution in [0.2, 0.25) is 0 Å². The van der Waals surface area contributed by atoms with Gasteiger partial charge in [0.15, 0.2) is 11.6 Å². The number of carboxylic acids is 1. The lowest BCUT2D eigenvalue weighted by Crippen LogP contribution is -2.38. The van der Waals surface area contributed by atoms with E-state index >= 15 is 0 Å². The number of carbonyl (C=O) groups excluding carboxylic acids is 1. The van der Waals surface area contributed by atoms with E-state index in [1.807, 2.05) is 0 Å². The maximum absolute atomic E-state index is 14.0. The van der Waals surface area contributed by atoms with Crippen molar-refractivity contribution < 1.29 is 41.0 Å². The Morgan fingerprint density at radius 2 is 1.79 bits per heavy atom. The molecule has 0 fully saturated rings. The first-order valence-electron chi connectivity index (χ1n) is 11.4. The average Bonchev–Trinajstić information content (AvgIpc) is 3.37. The van der Waals surface area contributed by atoms with Gasteiger partial charge in [0.2, 0.25) is 0 Å². The predicted octanol–water partition coefficient (Wildman–Crippen LogP) is 4.53. The van der Waals surface area contributed by atoms with E-state index in [0.29, 0.717) is 22.4 Å². The van der Waals surface area contributed by atoms with Gasteiger partial charge in [0, 0.05) is 23.9 Å². The molecule has 11 heteroatoms. The minimum absolute atomic E-state index is 0.0491. The second kappa shape index (κ2) is 11.0. The van der Waals surface area contributed by atoms with Crippen LogP contribution in [0, 0.1) is 11.6 Å². The largest absolute Gasteiger partial charge is 0.489 e. The Balaban J connectivity index is 1.46. The number of nitrogens with zero attached hydrogens (tertiary/aromatic N) is 1. The molecule has 0 bridgehead atoms. The van der Waals surface area contributed by atoms with Crippen LogP contribution in [-0.2, 0) is 21.2 Å². The Morgan fingerprint density at radius 1 is 1.05 bits per heavy atom. The topological polar surface area (TPSA) is 114 Å². The van der Waals surface area contributed by atoms with Crippen LogP contribution in [0.4, 0.5) is 8.78 Å². The lowest BCUT2D eigenvalue weighted by molar-refractivity contribution is -0.137. The summed E-state index contributed by atoms with van der Waals surface area (Å²) in [5, 5.41) is 9.18. The van der Waals surface area contributed by atoms with Crippen LogP contribution in [0.5, 0.6) is 5.75 Å². The highest BCUT2D eigenvalue weighted by molar-refractivity contribution is 7.90. The zero-order chi connectivity index (χ0) is 27.4. The van der Waals surface area contributed by atoms with Gasteiger partial charge in [-0.05, 0) is 47.5 Å². The van der Waals surface area contributed by atoms with Crippen LogP contribution >= 0.6 is 0 Å². The van der Waals surface area contributed by atoms with Crippen molar-refractivity contribution in [1.29, 1.82) is 0 Å². The van der Waals surface area contributed by atoms with Gasteiger partial charge in [0.05, 0.1) is 17.4 Å². The lowest BCUT2D eigenvalue weighted by atomic mass is 10.0. The van der Waals surface area contributed by atoms with Gasteiger partial charge in [-0.15, -0.1) is 0 Å². The molecule has 8 nitrogen and oxygen atoms in total. The number of hydrogen-bond donors (Lipinski definition) is 1. The van der Waals surface area contributed by atoms with Gasteiger partial charge in [-0.25, -0.2) is 17.2 Å². The number of amides is 1. The van der Waals surface area contributed by atoms with Crippen LogP contribution < -0.4 is 4.74 Å². The van der Waals surface area contributed by atoms with Crippen molar-refractivity contribution in [3.8, 4) is 16.9 Å². The van der Waals surface area contributed by atoms with Crippen LogP contribution in [0.25, 0.3) is 22.1 Å². The SMILES string of the molecule is CS(=O)(=O)CCN(CC(=O)O)C(=O)c1cccc(COc2ccc(-c3cc(F)c(F)c4ccoc34)cc2)c1. The van der Waals surface area contributed by atoms with Crippen molar-refractivity contribution in [2.24, 2.45) is 0 Å². The fourth-order valence-corrected chi connectivity index (χ4v) is 4.41. The summed E-state index contributed by atoms with van der Waals surface area (Å²) in [7, 11) is -3.40. The van der Waals surface area contributed by atoms with E-state index in [4.69, 9.17) is 14.3 Å². The fourth-order valence-electron chi connectivity index (χ4n) is 3.86. The molecule has 0 atom stereocenters. The third-order valence-corrected chi connectivity index (χ3v) is 6.64. The maximum Gasteiger partial charge on any atom is 0.323 e. The number of ether oxygens (including phenoxy) is 1. The van der Waals surface area contributed by atoms with Crippen LogP contribution in [0.15, 0.2) is 71.3 Å². The molecular formula is C27H23F2NO7S. The average molecular weight is 544 g/mol. The first-order chi connectivity index (χ1) is 18.0. The lowest BCUT2D eigenvalue weighted by Gasteiger charge is -2.20. The normalized spacial score (nSPS) is 11.4. The zero-order valence-corrected chi connectivity index (χ0v) is 21.0.